The van der Waals surface area contributed by atoms with Gasteiger partial charge in [-0.1, -0.05) is 23.7 Å². The number of nitrogens with one attached hydrogen (secondary N) is 4. The van der Waals surface area contributed by atoms with Crippen LogP contribution in [0.4, 0.5) is 30.8 Å². The fourth-order valence-electron chi connectivity index (χ4n) is 5.28. The molecular weight excluding hydrogens is 699 g/mol. The number of amides is 2. The molecule has 1 saturated heterocycles. The number of hydrogen-bond acceptors (Lipinski definition) is 11. The molecule has 0 bridgehead atoms. The van der Waals surface area contributed by atoms with Crippen molar-refractivity contribution in [2.45, 2.75) is 56.3 Å². The monoisotopic (exact) mass is 733 g/mol. The maximum absolute atomic E-state index is 12.9. The van der Waals surface area contributed by atoms with E-state index < -0.39 is 60.4 Å². The van der Waals surface area contributed by atoms with Gasteiger partial charge >= 0.3 is 18.2 Å². The summed E-state index contributed by atoms with van der Waals surface area (Å²) in [4.78, 5) is 61.5. The van der Waals surface area contributed by atoms with E-state index in [-0.39, 0.29) is 29.8 Å². The van der Waals surface area contributed by atoms with Crippen LogP contribution in [0, 0.1) is 5.92 Å². The van der Waals surface area contributed by atoms with Crippen LogP contribution in [0.5, 0.6) is 6.01 Å². The van der Waals surface area contributed by atoms with E-state index in [0.29, 0.717) is 43.3 Å². The molecule has 272 valence electrons. The number of aliphatic carboxylic acids is 1. The Morgan fingerprint density at radius 1 is 0.980 bits per heavy atom. The SMILES string of the molecule is O=C(CC[C@H](NC(=O)c1ccc(Nc2nc(NC3(c4ccc(Cl)cc4)CC3)nc(OCC(F)(F)F)n2)cc1)C(=O)O)C(=O)NCC1CCOCC1. The van der Waals surface area contributed by atoms with Crippen LogP contribution >= 0.6 is 11.6 Å². The third-order valence-corrected chi connectivity index (χ3v) is 8.54. The topological polar surface area (TPSA) is 194 Å². The van der Waals surface area contributed by atoms with Crippen LogP contribution in [0.1, 0.15) is 54.4 Å². The second kappa shape index (κ2) is 16.3. The largest absolute Gasteiger partial charge is 0.480 e. The van der Waals surface area contributed by atoms with Gasteiger partial charge in [0.05, 0.1) is 5.54 Å². The molecule has 14 nitrogen and oxygen atoms in total. The second-order valence-electron chi connectivity index (χ2n) is 12.2. The van der Waals surface area contributed by atoms with Gasteiger partial charge in [-0.2, -0.15) is 28.1 Å². The summed E-state index contributed by atoms with van der Waals surface area (Å²) < 4.78 is 48.8. The average Bonchev–Trinajstić information content (AvgIpc) is 3.88. The first-order valence-electron chi connectivity index (χ1n) is 16.1. The molecule has 1 aromatic heterocycles. The summed E-state index contributed by atoms with van der Waals surface area (Å²) in [7, 11) is 0. The standard InChI is InChI=1S/C33H35ClF3N7O7/c34-22-5-3-21(4-6-22)32(13-14-32)44-30-41-29(42-31(43-30)51-18-33(35,36)37)39-23-7-1-20(2-8-23)26(46)40-24(28(48)49)9-10-25(45)27(47)38-17-19-11-15-50-16-12-19/h1-8,19,24H,9-18H2,(H,38,47)(H,40,46)(H,48,49)(H2,39,41,42,43,44)/t24-/m0/s1. The third kappa shape index (κ3) is 11.0. The first kappa shape index (κ1) is 37.2. The number of aromatic nitrogens is 3. The van der Waals surface area contributed by atoms with Crippen molar-refractivity contribution in [2.24, 2.45) is 5.92 Å². The minimum Gasteiger partial charge on any atom is -0.480 e. The zero-order valence-electron chi connectivity index (χ0n) is 27.1. The Kier molecular flexibility index (Phi) is 11.9. The smallest absolute Gasteiger partial charge is 0.422 e. The zero-order valence-corrected chi connectivity index (χ0v) is 27.9. The van der Waals surface area contributed by atoms with Crippen LogP contribution in [-0.2, 0) is 24.7 Å². The fraction of sp³-hybridized carbons (Fsp3) is 0.424. The van der Waals surface area contributed by atoms with E-state index in [1.54, 1.807) is 12.1 Å². The van der Waals surface area contributed by atoms with Crippen molar-refractivity contribution in [1.82, 2.24) is 25.6 Å². The van der Waals surface area contributed by atoms with Crippen molar-refractivity contribution in [3.63, 3.8) is 0 Å². The highest BCUT2D eigenvalue weighted by Crippen LogP contribution is 2.48. The molecule has 0 radical (unpaired) electrons. The molecule has 51 heavy (non-hydrogen) atoms. The van der Waals surface area contributed by atoms with Gasteiger partial charge in [0, 0.05) is 42.5 Å². The summed E-state index contributed by atoms with van der Waals surface area (Å²) in [5.74, 6) is -3.73. The number of benzene rings is 2. The molecule has 5 N–H and O–H groups in total. The van der Waals surface area contributed by atoms with Crippen LogP contribution in [-0.4, -0.2) is 82.2 Å². The number of anilines is 3. The molecule has 2 amide bonds. The lowest BCUT2D eigenvalue weighted by molar-refractivity contribution is -0.154. The summed E-state index contributed by atoms with van der Waals surface area (Å²) in [5, 5.41) is 21.1. The summed E-state index contributed by atoms with van der Waals surface area (Å²) >= 11 is 6.01. The Hall–Kier alpha value is -5.03. The molecule has 2 heterocycles. The van der Waals surface area contributed by atoms with Crippen molar-refractivity contribution in [3.05, 3.63) is 64.7 Å². The van der Waals surface area contributed by atoms with Crippen LogP contribution in [0.25, 0.3) is 0 Å². The predicted molar refractivity (Wildman–Crippen MR) is 177 cm³/mol. The molecule has 18 heteroatoms. The van der Waals surface area contributed by atoms with Gasteiger partial charge < -0.3 is 35.8 Å². The molecule has 0 unspecified atom stereocenters. The van der Waals surface area contributed by atoms with Gasteiger partial charge in [-0.15, -0.1) is 0 Å². The van der Waals surface area contributed by atoms with E-state index in [0.717, 1.165) is 18.4 Å². The number of alkyl halides is 3. The molecule has 5 rings (SSSR count). The van der Waals surface area contributed by atoms with Crippen molar-refractivity contribution >= 4 is 52.8 Å². The number of Topliss-reactive ketones (excluding diaryl/α,β-unsaturated/α-hetero) is 1. The van der Waals surface area contributed by atoms with Gasteiger partial charge in [0.25, 0.3) is 11.8 Å². The summed E-state index contributed by atoms with van der Waals surface area (Å²) in [6.07, 6.45) is -2.40. The predicted octanol–water partition coefficient (Wildman–Crippen LogP) is 4.39. The number of rotatable bonds is 16. The van der Waals surface area contributed by atoms with E-state index in [4.69, 9.17) is 21.1 Å². The van der Waals surface area contributed by atoms with Crippen LogP contribution < -0.4 is 26.0 Å². The number of ether oxygens (including phenoxy) is 2. The maximum atomic E-state index is 12.9. The first-order chi connectivity index (χ1) is 24.3. The van der Waals surface area contributed by atoms with Crippen molar-refractivity contribution in [1.29, 1.82) is 0 Å². The van der Waals surface area contributed by atoms with Gasteiger partial charge in [-0.3, -0.25) is 14.4 Å². The Labute approximate surface area is 294 Å². The number of halogens is 4. The van der Waals surface area contributed by atoms with Crippen LogP contribution in [0.2, 0.25) is 5.02 Å². The van der Waals surface area contributed by atoms with Gasteiger partial charge in [0.15, 0.2) is 6.61 Å². The van der Waals surface area contributed by atoms with Gasteiger partial charge in [0.2, 0.25) is 17.7 Å². The Morgan fingerprint density at radius 2 is 1.65 bits per heavy atom. The Morgan fingerprint density at radius 3 is 2.27 bits per heavy atom. The molecule has 2 aliphatic rings. The molecule has 3 aromatic rings. The highest BCUT2D eigenvalue weighted by Gasteiger charge is 2.45. The summed E-state index contributed by atoms with van der Waals surface area (Å²) in [6.45, 7) is -0.134. The first-order valence-corrected chi connectivity index (χ1v) is 16.5. The number of carboxylic acids is 1. The van der Waals surface area contributed by atoms with Gasteiger partial charge in [-0.05, 0) is 80.0 Å². The van der Waals surface area contributed by atoms with E-state index in [2.05, 4.69) is 36.2 Å². The minimum absolute atomic E-state index is 0.0388. The molecule has 0 spiro atoms. The van der Waals surface area contributed by atoms with E-state index in [1.807, 2.05) is 12.1 Å². The number of hydrogen-bond donors (Lipinski definition) is 5. The lowest BCUT2D eigenvalue weighted by Gasteiger charge is -2.22. The second-order valence-corrected chi connectivity index (χ2v) is 12.6. The Balaban J connectivity index is 1.20. The van der Waals surface area contributed by atoms with Crippen molar-refractivity contribution < 1.29 is 46.9 Å². The van der Waals surface area contributed by atoms with Crippen LogP contribution in [0.15, 0.2) is 48.5 Å². The highest BCUT2D eigenvalue weighted by atomic mass is 35.5. The number of carbonyl (C=O) groups excluding carboxylic acids is 3. The lowest BCUT2D eigenvalue weighted by atomic mass is 10.0. The Bertz CT molecular complexity index is 1720. The quantitative estimate of drug-likeness (QED) is 0.131. The maximum Gasteiger partial charge on any atom is 0.422 e. The summed E-state index contributed by atoms with van der Waals surface area (Å²) in [5.41, 5.74) is 0.726. The molecule has 1 saturated carbocycles. The minimum atomic E-state index is -4.64. The average molecular weight is 734 g/mol. The number of carbonyl (C=O) groups is 4. The lowest BCUT2D eigenvalue weighted by Crippen LogP contribution is -2.42. The van der Waals surface area contributed by atoms with E-state index in [1.165, 1.54) is 24.3 Å². The normalized spacial score (nSPS) is 16.0. The highest BCUT2D eigenvalue weighted by molar-refractivity contribution is 6.36. The number of carboxylic acid groups (broad SMARTS) is 1. The van der Waals surface area contributed by atoms with Crippen molar-refractivity contribution in [3.8, 4) is 6.01 Å². The number of nitrogens with zero attached hydrogens (tertiary/aromatic N) is 3. The molecule has 1 atom stereocenters. The molecule has 1 aliphatic carbocycles. The molecule has 2 fully saturated rings. The van der Waals surface area contributed by atoms with E-state index >= 15 is 0 Å². The van der Waals surface area contributed by atoms with Gasteiger partial charge in [-0.25, -0.2) is 4.79 Å². The molecule has 2 aromatic carbocycles. The van der Waals surface area contributed by atoms with Gasteiger partial charge in [0.1, 0.15) is 6.04 Å². The van der Waals surface area contributed by atoms with Crippen LogP contribution in [0.3, 0.4) is 0 Å². The third-order valence-electron chi connectivity index (χ3n) is 8.29. The summed E-state index contributed by atoms with van der Waals surface area (Å²) in [6, 6.07) is 10.7. The molecule has 1 aliphatic heterocycles. The molecular formula is C33H35ClF3N7O7. The van der Waals surface area contributed by atoms with Crippen molar-refractivity contribution in [2.75, 3.05) is 37.0 Å². The number of ketones is 1. The van der Waals surface area contributed by atoms with E-state index in [9.17, 15) is 37.5 Å². The zero-order chi connectivity index (χ0) is 36.6. The fourth-order valence-corrected chi connectivity index (χ4v) is 5.41.